The Labute approximate surface area is 170 Å². The molecule has 0 unspecified atom stereocenters. The number of hydrogen-bond donors (Lipinski definition) is 1. The number of nitrogens with zero attached hydrogens (tertiary/aromatic N) is 7. The molecular weight excluding hydrogens is 388 g/mol. The van der Waals surface area contributed by atoms with E-state index in [4.69, 9.17) is 5.10 Å². The quantitative estimate of drug-likeness (QED) is 0.561. The van der Waals surface area contributed by atoms with Crippen LogP contribution in [-0.4, -0.2) is 53.8 Å². The molecule has 0 saturated carbocycles. The third kappa shape index (κ3) is 3.54. The second kappa shape index (κ2) is 7.55. The van der Waals surface area contributed by atoms with Gasteiger partial charge in [-0.2, -0.15) is 9.61 Å². The number of hydrogen-bond acceptors (Lipinski definition) is 7. The van der Waals surface area contributed by atoms with Crippen LogP contribution >= 0.6 is 11.3 Å². The first kappa shape index (κ1) is 17.7. The fourth-order valence-corrected chi connectivity index (χ4v) is 4.04. The Balaban J connectivity index is 1.32. The maximum Gasteiger partial charge on any atom is 0.323 e. The van der Waals surface area contributed by atoms with Crippen LogP contribution in [0.25, 0.3) is 16.9 Å². The van der Waals surface area contributed by atoms with Crippen LogP contribution in [0.4, 0.5) is 9.93 Å². The van der Waals surface area contributed by atoms with Gasteiger partial charge in [0.05, 0.1) is 5.69 Å². The number of pyridine rings is 1. The molecule has 5 rings (SSSR count). The van der Waals surface area contributed by atoms with Crippen molar-refractivity contribution in [3.05, 3.63) is 54.1 Å². The minimum absolute atomic E-state index is 0.110. The standard InChI is InChI=1S/C19H18N8OS/c28-19(22-18-21-8-11-29-18)26-9-5-13(6-10-26)17-24-23-16-4-3-15(25-27(16)17)14-2-1-7-20-12-14/h1-4,7-8,11-13H,5-6,9-10H2,(H,21,22,28). The SMILES string of the molecule is O=C(Nc1nccs1)N1CCC(c2nnc3ccc(-c4cccnc4)nn23)CC1. The molecule has 5 heterocycles. The Hall–Kier alpha value is -3.40. The molecule has 29 heavy (non-hydrogen) atoms. The lowest BCUT2D eigenvalue weighted by Crippen LogP contribution is -2.40. The van der Waals surface area contributed by atoms with Crippen molar-refractivity contribution in [2.24, 2.45) is 0 Å². The number of anilines is 1. The van der Waals surface area contributed by atoms with Gasteiger partial charge in [0, 0.05) is 48.5 Å². The number of carbonyl (C=O) groups is 1. The maximum absolute atomic E-state index is 12.4. The van der Waals surface area contributed by atoms with Crippen molar-refractivity contribution in [3.63, 3.8) is 0 Å². The van der Waals surface area contributed by atoms with Gasteiger partial charge in [0.2, 0.25) is 0 Å². The summed E-state index contributed by atoms with van der Waals surface area (Å²) in [4.78, 5) is 22.5. The third-order valence-corrected chi connectivity index (χ3v) is 5.73. The number of nitrogens with one attached hydrogen (secondary N) is 1. The van der Waals surface area contributed by atoms with Gasteiger partial charge in [0.15, 0.2) is 16.6 Å². The molecule has 4 aromatic heterocycles. The first-order valence-electron chi connectivity index (χ1n) is 9.36. The van der Waals surface area contributed by atoms with E-state index in [1.807, 2.05) is 39.1 Å². The number of piperidine rings is 1. The Morgan fingerprint density at radius 3 is 2.79 bits per heavy atom. The molecule has 146 valence electrons. The summed E-state index contributed by atoms with van der Waals surface area (Å²) in [6.45, 7) is 1.30. The van der Waals surface area contributed by atoms with Crippen molar-refractivity contribution in [1.29, 1.82) is 0 Å². The number of amides is 2. The van der Waals surface area contributed by atoms with E-state index in [-0.39, 0.29) is 11.9 Å². The average molecular weight is 406 g/mol. The molecule has 0 spiro atoms. The molecule has 2 amide bonds. The highest BCUT2D eigenvalue weighted by atomic mass is 32.1. The van der Waals surface area contributed by atoms with E-state index in [1.165, 1.54) is 11.3 Å². The molecule has 1 saturated heterocycles. The molecule has 0 radical (unpaired) electrons. The second-order valence-electron chi connectivity index (χ2n) is 6.82. The number of rotatable bonds is 3. The van der Waals surface area contributed by atoms with Gasteiger partial charge < -0.3 is 4.90 Å². The second-order valence-corrected chi connectivity index (χ2v) is 7.71. The van der Waals surface area contributed by atoms with Gasteiger partial charge in [0.1, 0.15) is 0 Å². The summed E-state index contributed by atoms with van der Waals surface area (Å²) in [6, 6.07) is 7.60. The molecule has 10 heteroatoms. The summed E-state index contributed by atoms with van der Waals surface area (Å²) >= 11 is 1.41. The van der Waals surface area contributed by atoms with E-state index in [0.29, 0.717) is 18.2 Å². The first-order valence-corrected chi connectivity index (χ1v) is 10.2. The number of likely N-dealkylation sites (tertiary alicyclic amines) is 1. The van der Waals surface area contributed by atoms with Gasteiger partial charge in [-0.25, -0.2) is 9.78 Å². The van der Waals surface area contributed by atoms with Crippen molar-refractivity contribution >= 4 is 28.1 Å². The molecule has 0 bridgehead atoms. The number of fused-ring (bicyclic) bond motifs is 1. The molecule has 1 N–H and O–H groups in total. The summed E-state index contributed by atoms with van der Waals surface area (Å²) in [5.74, 6) is 1.04. The van der Waals surface area contributed by atoms with Gasteiger partial charge in [-0.15, -0.1) is 21.5 Å². The summed E-state index contributed by atoms with van der Waals surface area (Å²) in [6.07, 6.45) is 6.83. The van der Waals surface area contributed by atoms with E-state index in [0.717, 1.165) is 35.6 Å². The summed E-state index contributed by atoms with van der Waals surface area (Å²) in [7, 11) is 0. The Kier molecular flexibility index (Phi) is 4.60. The Morgan fingerprint density at radius 1 is 1.14 bits per heavy atom. The van der Waals surface area contributed by atoms with Crippen LogP contribution in [0.5, 0.6) is 0 Å². The van der Waals surface area contributed by atoms with Crippen LogP contribution < -0.4 is 5.32 Å². The molecule has 1 aliphatic rings. The highest BCUT2D eigenvalue weighted by molar-refractivity contribution is 7.13. The monoisotopic (exact) mass is 406 g/mol. The van der Waals surface area contributed by atoms with Crippen LogP contribution in [0.15, 0.2) is 48.2 Å². The molecule has 9 nitrogen and oxygen atoms in total. The fourth-order valence-electron chi connectivity index (χ4n) is 3.52. The molecule has 0 aromatic carbocycles. The largest absolute Gasteiger partial charge is 0.324 e. The predicted octanol–water partition coefficient (Wildman–Crippen LogP) is 3.05. The molecule has 1 aliphatic heterocycles. The summed E-state index contributed by atoms with van der Waals surface area (Å²) in [5.41, 5.74) is 2.49. The van der Waals surface area contributed by atoms with E-state index in [9.17, 15) is 4.79 Å². The van der Waals surface area contributed by atoms with Crippen molar-refractivity contribution < 1.29 is 4.79 Å². The van der Waals surface area contributed by atoms with Gasteiger partial charge >= 0.3 is 6.03 Å². The van der Waals surface area contributed by atoms with E-state index >= 15 is 0 Å². The number of urea groups is 1. The van der Waals surface area contributed by atoms with Crippen LogP contribution in [0.1, 0.15) is 24.6 Å². The van der Waals surface area contributed by atoms with Crippen molar-refractivity contribution in [2.75, 3.05) is 18.4 Å². The zero-order chi connectivity index (χ0) is 19.6. The lowest BCUT2D eigenvalue weighted by atomic mass is 9.96. The number of thiazole rings is 1. The highest BCUT2D eigenvalue weighted by Crippen LogP contribution is 2.28. The van der Waals surface area contributed by atoms with E-state index in [2.05, 4.69) is 25.5 Å². The van der Waals surface area contributed by atoms with E-state index < -0.39 is 0 Å². The first-order chi connectivity index (χ1) is 14.3. The molecule has 1 fully saturated rings. The Morgan fingerprint density at radius 2 is 2.03 bits per heavy atom. The van der Waals surface area contributed by atoms with Crippen LogP contribution in [-0.2, 0) is 0 Å². The minimum Gasteiger partial charge on any atom is -0.324 e. The van der Waals surface area contributed by atoms with Gasteiger partial charge in [-0.1, -0.05) is 0 Å². The average Bonchev–Trinajstić information content (AvgIpc) is 3.44. The van der Waals surface area contributed by atoms with Crippen molar-refractivity contribution in [2.45, 2.75) is 18.8 Å². The molecule has 0 atom stereocenters. The molecule has 0 aliphatic carbocycles. The van der Waals surface area contributed by atoms with Crippen molar-refractivity contribution in [1.82, 2.24) is 34.7 Å². The van der Waals surface area contributed by atoms with Crippen LogP contribution in [0.3, 0.4) is 0 Å². The van der Waals surface area contributed by atoms with Crippen molar-refractivity contribution in [3.8, 4) is 11.3 Å². The van der Waals surface area contributed by atoms with Crippen LogP contribution in [0, 0.1) is 0 Å². The van der Waals surface area contributed by atoms with Gasteiger partial charge in [-0.3, -0.25) is 10.3 Å². The van der Waals surface area contributed by atoms with E-state index in [1.54, 1.807) is 18.6 Å². The molecular formula is C19H18N8OS. The smallest absolute Gasteiger partial charge is 0.323 e. The lowest BCUT2D eigenvalue weighted by Gasteiger charge is -2.30. The minimum atomic E-state index is -0.110. The fraction of sp³-hybridized carbons (Fsp3) is 0.263. The predicted molar refractivity (Wildman–Crippen MR) is 109 cm³/mol. The third-order valence-electron chi connectivity index (χ3n) is 5.04. The normalized spacial score (nSPS) is 15.0. The zero-order valence-electron chi connectivity index (χ0n) is 15.5. The Bertz CT molecular complexity index is 1120. The van der Waals surface area contributed by atoms with Crippen LogP contribution in [0.2, 0.25) is 0 Å². The molecule has 4 aromatic rings. The number of carbonyl (C=O) groups excluding carboxylic acids is 1. The maximum atomic E-state index is 12.4. The topological polar surface area (TPSA) is 101 Å². The summed E-state index contributed by atoms with van der Waals surface area (Å²) < 4.78 is 1.82. The zero-order valence-corrected chi connectivity index (χ0v) is 16.3. The highest BCUT2D eigenvalue weighted by Gasteiger charge is 2.27. The number of aromatic nitrogens is 6. The van der Waals surface area contributed by atoms with Gasteiger partial charge in [0.25, 0.3) is 0 Å². The summed E-state index contributed by atoms with van der Waals surface area (Å²) in [5, 5.41) is 18.7. The lowest BCUT2D eigenvalue weighted by molar-refractivity contribution is 0.193. The van der Waals surface area contributed by atoms with Gasteiger partial charge in [-0.05, 0) is 37.1 Å².